The second-order valence-corrected chi connectivity index (χ2v) is 6.84. The van der Waals surface area contributed by atoms with Crippen LogP contribution in [0.4, 0.5) is 5.82 Å². The highest BCUT2D eigenvalue weighted by Gasteiger charge is 2.17. The molecule has 21 heavy (non-hydrogen) atoms. The van der Waals surface area contributed by atoms with Gasteiger partial charge >= 0.3 is 0 Å². The van der Waals surface area contributed by atoms with Crippen LogP contribution in [0.15, 0.2) is 11.4 Å². The molecule has 0 fully saturated rings. The van der Waals surface area contributed by atoms with Gasteiger partial charge in [0.15, 0.2) is 5.82 Å². The van der Waals surface area contributed by atoms with E-state index in [2.05, 4.69) is 41.4 Å². The molecule has 114 valence electrons. The molecule has 5 nitrogen and oxygen atoms in total. The molecule has 2 aromatic rings. The molecule has 0 atom stereocenters. The molecule has 2 aromatic heterocycles. The van der Waals surface area contributed by atoms with Crippen molar-refractivity contribution in [2.75, 3.05) is 19.5 Å². The lowest BCUT2D eigenvalue weighted by molar-refractivity contribution is 0.177. The Morgan fingerprint density at radius 1 is 1.24 bits per heavy atom. The van der Waals surface area contributed by atoms with Crippen molar-refractivity contribution in [3.8, 4) is 0 Å². The molecule has 0 radical (unpaired) electrons. The van der Waals surface area contributed by atoms with Crippen LogP contribution >= 0.6 is 11.3 Å². The first kappa shape index (κ1) is 15.9. The van der Waals surface area contributed by atoms with Gasteiger partial charge in [0, 0.05) is 37.4 Å². The summed E-state index contributed by atoms with van der Waals surface area (Å²) in [5.74, 6) is 1.49. The van der Waals surface area contributed by atoms with Gasteiger partial charge in [-0.25, -0.2) is 15.0 Å². The zero-order chi connectivity index (χ0) is 15.5. The Morgan fingerprint density at radius 2 is 2.00 bits per heavy atom. The number of ether oxygens (including phenoxy) is 1. The number of rotatable bonds is 5. The molecular weight excluding hydrogens is 284 g/mol. The summed E-state index contributed by atoms with van der Waals surface area (Å²) in [7, 11) is 3.50. The Hall–Kier alpha value is -1.53. The minimum Gasteiger partial charge on any atom is -0.377 e. The zero-order valence-electron chi connectivity index (χ0n) is 13.2. The molecule has 6 heteroatoms. The summed E-state index contributed by atoms with van der Waals surface area (Å²) in [5, 5.41) is 6.26. The van der Waals surface area contributed by atoms with Crippen LogP contribution < -0.4 is 5.32 Å². The van der Waals surface area contributed by atoms with E-state index in [1.807, 2.05) is 13.1 Å². The fourth-order valence-electron chi connectivity index (χ4n) is 1.86. The molecule has 0 aliphatic heterocycles. The van der Waals surface area contributed by atoms with E-state index >= 15 is 0 Å². The van der Waals surface area contributed by atoms with Crippen molar-refractivity contribution in [1.29, 1.82) is 0 Å². The second kappa shape index (κ2) is 6.49. The van der Waals surface area contributed by atoms with Gasteiger partial charge in [0.2, 0.25) is 0 Å². The van der Waals surface area contributed by atoms with E-state index in [0.717, 1.165) is 22.2 Å². The quantitative estimate of drug-likeness (QED) is 0.920. The van der Waals surface area contributed by atoms with Crippen LogP contribution in [-0.4, -0.2) is 29.1 Å². The molecule has 2 heterocycles. The van der Waals surface area contributed by atoms with Gasteiger partial charge in [0.05, 0.1) is 16.4 Å². The monoisotopic (exact) mass is 306 g/mol. The van der Waals surface area contributed by atoms with Gasteiger partial charge in [-0.1, -0.05) is 20.8 Å². The Morgan fingerprint density at radius 3 is 2.57 bits per heavy atom. The molecule has 0 saturated carbocycles. The molecule has 0 spiro atoms. The predicted octanol–water partition coefficient (Wildman–Crippen LogP) is 3.01. The summed E-state index contributed by atoms with van der Waals surface area (Å²) in [4.78, 5) is 13.6. The highest BCUT2D eigenvalue weighted by molar-refractivity contribution is 7.09. The number of hydrogen-bond donors (Lipinski definition) is 1. The van der Waals surface area contributed by atoms with E-state index in [4.69, 9.17) is 9.72 Å². The average molecular weight is 306 g/mol. The molecule has 0 unspecified atom stereocenters. The van der Waals surface area contributed by atoms with E-state index < -0.39 is 0 Å². The largest absolute Gasteiger partial charge is 0.377 e. The van der Waals surface area contributed by atoms with Crippen molar-refractivity contribution >= 4 is 17.2 Å². The maximum Gasteiger partial charge on any atom is 0.156 e. The van der Waals surface area contributed by atoms with E-state index in [1.54, 1.807) is 18.4 Å². The number of nitrogens with one attached hydrogen (secondary N) is 1. The molecule has 0 aliphatic rings. The van der Waals surface area contributed by atoms with Crippen LogP contribution in [-0.2, 0) is 23.2 Å². The highest BCUT2D eigenvalue weighted by Crippen LogP contribution is 2.25. The number of thiazole rings is 1. The van der Waals surface area contributed by atoms with E-state index in [9.17, 15) is 0 Å². The van der Waals surface area contributed by atoms with E-state index in [-0.39, 0.29) is 5.41 Å². The molecule has 0 aromatic carbocycles. The van der Waals surface area contributed by atoms with Gasteiger partial charge in [0.1, 0.15) is 12.4 Å². The smallest absolute Gasteiger partial charge is 0.156 e. The number of hydrogen-bond acceptors (Lipinski definition) is 6. The summed E-state index contributed by atoms with van der Waals surface area (Å²) in [6.07, 6.45) is 0.717. The molecule has 0 bridgehead atoms. The van der Waals surface area contributed by atoms with Crippen molar-refractivity contribution in [3.63, 3.8) is 0 Å². The van der Waals surface area contributed by atoms with Gasteiger partial charge in [-0.15, -0.1) is 11.3 Å². The molecule has 0 saturated heterocycles. The van der Waals surface area contributed by atoms with Crippen molar-refractivity contribution < 1.29 is 4.74 Å². The number of aromatic nitrogens is 3. The van der Waals surface area contributed by atoms with Crippen LogP contribution in [0, 0.1) is 0 Å². The van der Waals surface area contributed by atoms with Gasteiger partial charge in [-0.2, -0.15) is 0 Å². The maximum absolute atomic E-state index is 5.12. The third-order valence-electron chi connectivity index (χ3n) is 3.01. The van der Waals surface area contributed by atoms with Crippen LogP contribution in [0.25, 0.3) is 0 Å². The SMILES string of the molecule is CNc1cc(Cc2nc(C(C)(C)C)cs2)nc(COC)n1. The highest BCUT2D eigenvalue weighted by atomic mass is 32.1. The molecule has 1 N–H and O–H groups in total. The van der Waals surface area contributed by atoms with Crippen LogP contribution in [0.5, 0.6) is 0 Å². The molecule has 2 rings (SSSR count). The average Bonchev–Trinajstić information content (AvgIpc) is 2.87. The zero-order valence-corrected chi connectivity index (χ0v) is 14.0. The Labute approximate surface area is 129 Å². The summed E-state index contributed by atoms with van der Waals surface area (Å²) < 4.78 is 5.12. The van der Waals surface area contributed by atoms with Crippen molar-refractivity contribution in [1.82, 2.24) is 15.0 Å². The number of nitrogens with zero attached hydrogens (tertiary/aromatic N) is 3. The first-order chi connectivity index (χ1) is 9.92. The third kappa shape index (κ3) is 4.22. The molecular formula is C15H22N4OS. The summed E-state index contributed by atoms with van der Waals surface area (Å²) in [6, 6.07) is 1.96. The van der Waals surface area contributed by atoms with Crippen LogP contribution in [0.1, 0.15) is 43.0 Å². The Kier molecular flexibility index (Phi) is 4.90. The topological polar surface area (TPSA) is 59.9 Å². The first-order valence-corrected chi connectivity index (χ1v) is 7.78. The second-order valence-electron chi connectivity index (χ2n) is 5.90. The minimum atomic E-state index is 0.0811. The van der Waals surface area contributed by atoms with Crippen LogP contribution in [0.3, 0.4) is 0 Å². The lowest BCUT2D eigenvalue weighted by Gasteiger charge is -2.14. The van der Waals surface area contributed by atoms with Crippen molar-refractivity contribution in [2.24, 2.45) is 0 Å². The van der Waals surface area contributed by atoms with Crippen molar-refractivity contribution in [3.05, 3.63) is 33.7 Å². The standard InChI is InChI=1S/C15H22N4OS/c1-15(2,3)11-9-21-14(18-11)7-10-6-12(16-4)19-13(17-10)8-20-5/h6,9H,7-8H2,1-5H3,(H,16,17,19). The lowest BCUT2D eigenvalue weighted by atomic mass is 9.93. The van der Waals surface area contributed by atoms with Crippen molar-refractivity contribution in [2.45, 2.75) is 39.2 Å². The van der Waals surface area contributed by atoms with Gasteiger partial charge in [0.25, 0.3) is 0 Å². The predicted molar refractivity (Wildman–Crippen MR) is 85.9 cm³/mol. The molecule has 0 aliphatic carbocycles. The van der Waals surface area contributed by atoms with Crippen LogP contribution in [0.2, 0.25) is 0 Å². The van der Waals surface area contributed by atoms with E-state index in [0.29, 0.717) is 18.9 Å². The number of methoxy groups -OCH3 is 1. The third-order valence-corrected chi connectivity index (χ3v) is 3.86. The first-order valence-electron chi connectivity index (χ1n) is 6.91. The fraction of sp³-hybridized carbons (Fsp3) is 0.533. The van der Waals surface area contributed by atoms with E-state index in [1.165, 1.54) is 0 Å². The summed E-state index contributed by atoms with van der Waals surface area (Å²) >= 11 is 1.68. The van der Waals surface area contributed by atoms with Gasteiger partial charge in [-0.05, 0) is 0 Å². The van der Waals surface area contributed by atoms with Gasteiger partial charge < -0.3 is 10.1 Å². The maximum atomic E-state index is 5.12. The summed E-state index contributed by atoms with van der Waals surface area (Å²) in [6.45, 7) is 6.93. The Bertz CT molecular complexity index is 604. The minimum absolute atomic E-state index is 0.0811. The lowest BCUT2D eigenvalue weighted by Crippen LogP contribution is -2.11. The Balaban J connectivity index is 2.22. The molecule has 0 amide bonds. The fourth-order valence-corrected chi connectivity index (χ4v) is 2.89. The van der Waals surface area contributed by atoms with Gasteiger partial charge in [-0.3, -0.25) is 0 Å². The summed E-state index contributed by atoms with van der Waals surface area (Å²) in [5.41, 5.74) is 2.16. The number of anilines is 1. The normalized spacial score (nSPS) is 11.7.